The molecule has 0 heterocycles. The molecule has 0 aromatic heterocycles. The van der Waals surface area contributed by atoms with Crippen LogP contribution in [0.15, 0.2) is 340 Å². The van der Waals surface area contributed by atoms with Crippen LogP contribution < -0.4 is 30.7 Å². The van der Waals surface area contributed by atoms with Gasteiger partial charge in [0.2, 0.25) is 0 Å². The van der Waals surface area contributed by atoms with Crippen molar-refractivity contribution in [2.45, 2.75) is 0 Å². The van der Waals surface area contributed by atoms with Gasteiger partial charge in [0.15, 0.2) is 0 Å². The number of nitrogens with two attached hydrogens (primary N) is 1. The van der Waals surface area contributed by atoms with Crippen molar-refractivity contribution < 1.29 is 0 Å². The molecule has 0 spiro atoms. The Bertz CT molecular complexity index is 3340. The molecule has 0 aliphatic carbocycles. The fourth-order valence-electron chi connectivity index (χ4n) is 9.29. The van der Waals surface area contributed by atoms with Crippen LogP contribution in [0.25, 0.3) is 0 Å². The molecule has 0 amide bonds. The SMILES string of the molecule is Clc1cc(N(c2ccccc2)c2ccccc2)cc(N(c2ccccc2)c2ccccc2)c1.Nc1ccccc1.c1ccc(Nc2cc(N(c3ccccc3)c3ccccc3)cc(N(c3ccccc3)c3ccccc3)c2)cc1. The zero-order valence-corrected chi connectivity index (χ0v) is 44.3. The number of hydrogen-bond donors (Lipinski definition) is 2. The summed E-state index contributed by atoms with van der Waals surface area (Å²) in [5.41, 5.74) is 21.0. The summed E-state index contributed by atoms with van der Waals surface area (Å²) in [6, 6.07) is 116. The maximum absolute atomic E-state index is 6.73. The molecule has 0 fully saturated rings. The van der Waals surface area contributed by atoms with Crippen molar-refractivity contribution in [3.8, 4) is 0 Å². The predicted molar refractivity (Wildman–Crippen MR) is 337 cm³/mol. The molecule has 7 heteroatoms. The number of anilines is 15. The Morgan fingerprint density at radius 2 is 0.418 bits per heavy atom. The summed E-state index contributed by atoms with van der Waals surface area (Å²) in [7, 11) is 0. The highest BCUT2D eigenvalue weighted by Crippen LogP contribution is 2.44. The highest BCUT2D eigenvalue weighted by molar-refractivity contribution is 6.31. The van der Waals surface area contributed by atoms with Crippen molar-refractivity contribution in [3.05, 3.63) is 345 Å². The summed E-state index contributed by atoms with van der Waals surface area (Å²) in [4.78, 5) is 9.05. The van der Waals surface area contributed by atoms with Gasteiger partial charge in [-0.15, -0.1) is 0 Å². The van der Waals surface area contributed by atoms with Crippen molar-refractivity contribution in [1.82, 2.24) is 0 Å². The molecule has 79 heavy (non-hydrogen) atoms. The number of hydrogen-bond acceptors (Lipinski definition) is 6. The molecule has 3 N–H and O–H groups in total. The van der Waals surface area contributed by atoms with Crippen LogP contribution in [0.4, 0.5) is 85.3 Å². The highest BCUT2D eigenvalue weighted by atomic mass is 35.5. The van der Waals surface area contributed by atoms with Gasteiger partial charge in [-0.05, 0) is 158 Å². The quantitative estimate of drug-likeness (QED) is 0.106. The van der Waals surface area contributed by atoms with Crippen molar-refractivity contribution in [2.24, 2.45) is 0 Å². The molecular formula is C72H59ClN6. The number of nitrogen functional groups attached to an aromatic ring is 1. The molecule has 0 unspecified atom stereocenters. The molecule has 0 aliphatic heterocycles. The first-order valence-corrected chi connectivity index (χ1v) is 26.6. The summed E-state index contributed by atoms with van der Waals surface area (Å²) in [5.74, 6) is 0. The van der Waals surface area contributed by atoms with Crippen LogP contribution in [-0.4, -0.2) is 0 Å². The third kappa shape index (κ3) is 13.8. The molecule has 0 aliphatic rings. The maximum atomic E-state index is 6.73. The van der Waals surface area contributed by atoms with Crippen LogP contribution in [0.1, 0.15) is 0 Å². The first-order chi connectivity index (χ1) is 39.0. The minimum Gasteiger partial charge on any atom is -0.399 e. The maximum Gasteiger partial charge on any atom is 0.0503 e. The van der Waals surface area contributed by atoms with E-state index in [1.54, 1.807) is 0 Å². The largest absolute Gasteiger partial charge is 0.399 e. The Morgan fingerprint density at radius 1 is 0.215 bits per heavy atom. The van der Waals surface area contributed by atoms with Gasteiger partial charge in [0, 0.05) is 79.0 Å². The molecule has 0 radical (unpaired) electrons. The lowest BCUT2D eigenvalue weighted by Crippen LogP contribution is -2.13. The Morgan fingerprint density at radius 3 is 0.633 bits per heavy atom. The second kappa shape index (κ2) is 26.5. The molecule has 0 atom stereocenters. The number of nitrogens with zero attached hydrogens (tertiary/aromatic N) is 4. The van der Waals surface area contributed by atoms with Gasteiger partial charge < -0.3 is 30.7 Å². The smallest absolute Gasteiger partial charge is 0.0503 e. The van der Waals surface area contributed by atoms with Crippen LogP contribution in [0.3, 0.4) is 0 Å². The highest BCUT2D eigenvalue weighted by Gasteiger charge is 2.20. The molecule has 0 saturated heterocycles. The minimum atomic E-state index is 0.677. The number of nitrogens with one attached hydrogen (secondary N) is 1. The van der Waals surface area contributed by atoms with E-state index in [1.165, 1.54) is 0 Å². The summed E-state index contributed by atoms with van der Waals surface area (Å²) >= 11 is 6.73. The average Bonchev–Trinajstić information content (AvgIpc) is 3.58. The van der Waals surface area contributed by atoms with Gasteiger partial charge in [-0.3, -0.25) is 0 Å². The zero-order chi connectivity index (χ0) is 53.9. The van der Waals surface area contributed by atoms with Crippen molar-refractivity contribution in [3.63, 3.8) is 0 Å². The predicted octanol–water partition coefficient (Wildman–Crippen LogP) is 20.9. The monoisotopic (exact) mass is 1040 g/mol. The summed E-state index contributed by atoms with van der Waals surface area (Å²) < 4.78 is 0. The van der Waals surface area contributed by atoms with E-state index in [0.717, 1.165) is 85.3 Å². The Kier molecular flexibility index (Phi) is 17.5. The molecular weight excluding hydrogens is 984 g/mol. The zero-order valence-electron chi connectivity index (χ0n) is 43.6. The van der Waals surface area contributed by atoms with E-state index in [-0.39, 0.29) is 0 Å². The second-order valence-corrected chi connectivity index (χ2v) is 18.8. The Labute approximate surface area is 469 Å². The summed E-state index contributed by atoms with van der Waals surface area (Å²) in [6.07, 6.45) is 0. The molecule has 12 rings (SSSR count). The molecule has 0 bridgehead atoms. The normalized spacial score (nSPS) is 10.4. The lowest BCUT2D eigenvalue weighted by molar-refractivity contribution is 1.25. The number of benzene rings is 12. The summed E-state index contributed by atoms with van der Waals surface area (Å²) in [6.45, 7) is 0. The first kappa shape index (κ1) is 52.2. The molecule has 384 valence electrons. The van der Waals surface area contributed by atoms with Gasteiger partial charge in [-0.25, -0.2) is 0 Å². The van der Waals surface area contributed by atoms with Gasteiger partial charge in [0.05, 0.1) is 11.4 Å². The average molecular weight is 1040 g/mol. The fourth-order valence-corrected chi connectivity index (χ4v) is 9.51. The van der Waals surface area contributed by atoms with E-state index >= 15 is 0 Å². The number of para-hydroxylation sites is 10. The Hall–Kier alpha value is -10.3. The van der Waals surface area contributed by atoms with Crippen molar-refractivity contribution >= 4 is 96.9 Å². The standard InChI is InChI=1S/C36H29N3.C30H23ClN2.C6H7N/c1-6-16-29(17-7-1)37-30-26-35(38(31-18-8-2-9-19-31)32-20-10-3-11-21-32)28-36(27-30)39(33-22-12-4-13-23-33)34-24-14-5-15-25-34;31-24-21-29(32(25-13-5-1-6-14-25)26-15-7-2-8-16-26)23-30(22-24)33(27-17-9-3-10-18-27)28-19-11-4-12-20-28;7-6-4-2-1-3-5-6/h1-28,37H;1-23H;1-5H,7H2. The number of halogens is 1. The molecule has 12 aromatic rings. The van der Waals surface area contributed by atoms with E-state index < -0.39 is 0 Å². The van der Waals surface area contributed by atoms with Gasteiger partial charge in [-0.2, -0.15) is 0 Å². The molecule has 0 saturated carbocycles. The van der Waals surface area contributed by atoms with E-state index in [1.807, 2.05) is 84.9 Å². The minimum absolute atomic E-state index is 0.677. The lowest BCUT2D eigenvalue weighted by atomic mass is 10.1. The molecule has 12 aromatic carbocycles. The van der Waals surface area contributed by atoms with E-state index in [2.05, 4.69) is 280 Å². The van der Waals surface area contributed by atoms with Gasteiger partial charge in [0.25, 0.3) is 0 Å². The van der Waals surface area contributed by atoms with Crippen LogP contribution in [0.5, 0.6) is 0 Å². The summed E-state index contributed by atoms with van der Waals surface area (Å²) in [5, 5.41) is 4.32. The lowest BCUT2D eigenvalue weighted by Gasteiger charge is -2.30. The fraction of sp³-hybridized carbons (Fsp3) is 0. The second-order valence-electron chi connectivity index (χ2n) is 18.3. The van der Waals surface area contributed by atoms with Crippen LogP contribution in [0, 0.1) is 0 Å². The van der Waals surface area contributed by atoms with Gasteiger partial charge >= 0.3 is 0 Å². The molecule has 6 nitrogen and oxygen atoms in total. The van der Waals surface area contributed by atoms with Gasteiger partial charge in [0.1, 0.15) is 0 Å². The topological polar surface area (TPSA) is 51.0 Å². The number of rotatable bonds is 14. The van der Waals surface area contributed by atoms with E-state index in [4.69, 9.17) is 17.3 Å². The third-order valence-corrected chi connectivity index (χ3v) is 13.0. The van der Waals surface area contributed by atoms with Crippen LogP contribution in [0.2, 0.25) is 5.02 Å². The third-order valence-electron chi connectivity index (χ3n) is 12.8. The van der Waals surface area contributed by atoms with Crippen molar-refractivity contribution in [2.75, 3.05) is 30.7 Å². The van der Waals surface area contributed by atoms with Crippen LogP contribution >= 0.6 is 11.6 Å². The van der Waals surface area contributed by atoms with Gasteiger partial charge in [-0.1, -0.05) is 194 Å². The van der Waals surface area contributed by atoms with Crippen LogP contribution in [-0.2, 0) is 0 Å². The first-order valence-electron chi connectivity index (χ1n) is 26.2. The Balaban J connectivity index is 0.000000160. The van der Waals surface area contributed by atoms with E-state index in [9.17, 15) is 0 Å². The van der Waals surface area contributed by atoms with E-state index in [0.29, 0.717) is 5.02 Å². The van der Waals surface area contributed by atoms with Crippen molar-refractivity contribution in [1.29, 1.82) is 0 Å².